The maximum atomic E-state index is 3.57. The van der Waals surface area contributed by atoms with Gasteiger partial charge in [-0.05, 0) is 25.9 Å². The third-order valence-electron chi connectivity index (χ3n) is 5.16. The zero-order valence-corrected chi connectivity index (χ0v) is 17.3. The minimum atomic E-state index is 1.23. The van der Waals surface area contributed by atoms with E-state index in [1.807, 2.05) is 0 Å². The minimum absolute atomic E-state index is 1.23. The Morgan fingerprint density at radius 2 is 0.583 bits per heavy atom. The van der Waals surface area contributed by atoms with Gasteiger partial charge in [0.2, 0.25) is 0 Å². The van der Waals surface area contributed by atoms with E-state index in [2.05, 4.69) is 19.2 Å². The summed E-state index contributed by atoms with van der Waals surface area (Å²) in [6.45, 7) is 7.04. The predicted octanol–water partition coefficient (Wildman–Crippen LogP) is 8.03. The van der Waals surface area contributed by atoms with Gasteiger partial charge in [-0.2, -0.15) is 0 Å². The van der Waals surface area contributed by atoms with Gasteiger partial charge in [-0.3, -0.25) is 0 Å². The van der Waals surface area contributed by atoms with Gasteiger partial charge < -0.3 is 5.32 Å². The molecule has 1 N–H and O–H groups in total. The Labute approximate surface area is 154 Å². The van der Waals surface area contributed by atoms with Crippen molar-refractivity contribution < 1.29 is 0 Å². The summed E-state index contributed by atoms with van der Waals surface area (Å²) >= 11 is 0. The van der Waals surface area contributed by atoms with Gasteiger partial charge in [-0.15, -0.1) is 0 Å². The molecule has 0 spiro atoms. The van der Waals surface area contributed by atoms with Crippen LogP contribution in [0.3, 0.4) is 0 Å². The molecule has 0 heterocycles. The van der Waals surface area contributed by atoms with Gasteiger partial charge in [0.05, 0.1) is 0 Å². The van der Waals surface area contributed by atoms with Crippen molar-refractivity contribution in [2.24, 2.45) is 0 Å². The van der Waals surface area contributed by atoms with E-state index in [0.717, 1.165) is 0 Å². The fourth-order valence-electron chi connectivity index (χ4n) is 3.42. The van der Waals surface area contributed by atoms with Crippen LogP contribution >= 0.6 is 0 Å². The summed E-state index contributed by atoms with van der Waals surface area (Å²) in [5, 5.41) is 3.57. The standard InChI is InChI=1S/C23H49N/c1-3-5-7-8-9-10-11-12-13-14-15-16-17-18-19-21-23-24-22-20-6-4-2/h24H,3-23H2,1-2H3. The third-order valence-corrected chi connectivity index (χ3v) is 5.16. The molecular formula is C23H49N. The molecule has 1 heteroatoms. The van der Waals surface area contributed by atoms with Crippen molar-refractivity contribution in [2.75, 3.05) is 13.1 Å². The Balaban J connectivity index is 2.93. The summed E-state index contributed by atoms with van der Waals surface area (Å²) in [5.41, 5.74) is 0. The van der Waals surface area contributed by atoms with Crippen LogP contribution in [-0.2, 0) is 0 Å². The lowest BCUT2D eigenvalue weighted by atomic mass is 10.0. The lowest BCUT2D eigenvalue weighted by Crippen LogP contribution is -2.16. The van der Waals surface area contributed by atoms with Gasteiger partial charge in [-0.1, -0.05) is 123 Å². The van der Waals surface area contributed by atoms with Crippen LogP contribution in [0.4, 0.5) is 0 Å². The van der Waals surface area contributed by atoms with Gasteiger partial charge in [-0.25, -0.2) is 0 Å². The van der Waals surface area contributed by atoms with E-state index in [1.54, 1.807) is 0 Å². The van der Waals surface area contributed by atoms with Crippen LogP contribution in [0.5, 0.6) is 0 Å². The van der Waals surface area contributed by atoms with Crippen LogP contribution in [0.25, 0.3) is 0 Å². The first-order valence-corrected chi connectivity index (χ1v) is 11.6. The second-order valence-corrected chi connectivity index (χ2v) is 7.76. The zero-order chi connectivity index (χ0) is 17.6. The number of rotatable bonds is 21. The van der Waals surface area contributed by atoms with Gasteiger partial charge >= 0.3 is 0 Å². The third kappa shape index (κ3) is 22.0. The van der Waals surface area contributed by atoms with Gasteiger partial charge in [0.1, 0.15) is 0 Å². The Hall–Kier alpha value is -0.0400. The van der Waals surface area contributed by atoms with Crippen molar-refractivity contribution in [1.29, 1.82) is 0 Å². The first kappa shape index (κ1) is 24.0. The molecular weight excluding hydrogens is 290 g/mol. The van der Waals surface area contributed by atoms with E-state index in [9.17, 15) is 0 Å². The lowest BCUT2D eigenvalue weighted by molar-refractivity contribution is 0.523. The van der Waals surface area contributed by atoms with Crippen LogP contribution in [0, 0.1) is 0 Å². The quantitative estimate of drug-likeness (QED) is 0.209. The van der Waals surface area contributed by atoms with Crippen molar-refractivity contribution in [1.82, 2.24) is 5.32 Å². The smallest absolute Gasteiger partial charge is 0.00489 e. The van der Waals surface area contributed by atoms with Crippen molar-refractivity contribution in [2.45, 2.75) is 136 Å². The predicted molar refractivity (Wildman–Crippen MR) is 112 cm³/mol. The van der Waals surface area contributed by atoms with Gasteiger partial charge in [0.15, 0.2) is 0 Å². The largest absolute Gasteiger partial charge is 0.317 e. The van der Waals surface area contributed by atoms with Crippen LogP contribution in [0.2, 0.25) is 0 Å². The molecule has 0 aliphatic carbocycles. The monoisotopic (exact) mass is 339 g/mol. The summed E-state index contributed by atoms with van der Waals surface area (Å²) < 4.78 is 0. The molecule has 146 valence electrons. The van der Waals surface area contributed by atoms with E-state index >= 15 is 0 Å². The molecule has 0 rings (SSSR count). The topological polar surface area (TPSA) is 12.0 Å². The molecule has 0 saturated heterocycles. The molecule has 0 unspecified atom stereocenters. The summed E-state index contributed by atoms with van der Waals surface area (Å²) in [4.78, 5) is 0. The molecule has 24 heavy (non-hydrogen) atoms. The molecule has 0 amide bonds. The Morgan fingerprint density at radius 3 is 0.958 bits per heavy atom. The minimum Gasteiger partial charge on any atom is -0.317 e. The second kappa shape index (κ2) is 23.0. The summed E-state index contributed by atoms with van der Waals surface area (Å²) in [6, 6.07) is 0. The molecule has 0 saturated carbocycles. The molecule has 0 radical (unpaired) electrons. The molecule has 1 nitrogen and oxygen atoms in total. The summed E-state index contributed by atoms with van der Waals surface area (Å²) in [5.74, 6) is 0. The van der Waals surface area contributed by atoms with Crippen molar-refractivity contribution in [3.05, 3.63) is 0 Å². The first-order chi connectivity index (χ1) is 11.9. The molecule has 0 fully saturated rings. The molecule has 0 bridgehead atoms. The number of hydrogen-bond acceptors (Lipinski definition) is 1. The average Bonchev–Trinajstić information content (AvgIpc) is 2.60. The molecule has 0 atom stereocenters. The lowest BCUT2D eigenvalue weighted by Gasteiger charge is -2.05. The fraction of sp³-hybridized carbons (Fsp3) is 1.00. The van der Waals surface area contributed by atoms with Crippen LogP contribution in [0.15, 0.2) is 0 Å². The highest BCUT2D eigenvalue weighted by Crippen LogP contribution is 2.13. The van der Waals surface area contributed by atoms with Crippen LogP contribution in [0.1, 0.15) is 136 Å². The van der Waals surface area contributed by atoms with E-state index in [1.165, 1.54) is 135 Å². The van der Waals surface area contributed by atoms with E-state index in [4.69, 9.17) is 0 Å². The number of unbranched alkanes of at least 4 members (excludes halogenated alkanes) is 17. The zero-order valence-electron chi connectivity index (χ0n) is 17.3. The molecule has 0 aromatic rings. The molecule has 0 aliphatic heterocycles. The molecule has 0 aromatic carbocycles. The van der Waals surface area contributed by atoms with Gasteiger partial charge in [0, 0.05) is 0 Å². The van der Waals surface area contributed by atoms with Crippen LogP contribution < -0.4 is 5.32 Å². The normalized spacial score (nSPS) is 11.2. The highest BCUT2D eigenvalue weighted by Gasteiger charge is 1.94. The first-order valence-electron chi connectivity index (χ1n) is 11.6. The Kier molecular flexibility index (Phi) is 22.9. The number of nitrogens with one attached hydrogen (secondary N) is 1. The molecule has 0 aromatic heterocycles. The highest BCUT2D eigenvalue weighted by atomic mass is 14.8. The maximum Gasteiger partial charge on any atom is -0.00489 e. The van der Waals surface area contributed by atoms with Crippen molar-refractivity contribution >= 4 is 0 Å². The molecule has 0 aliphatic rings. The highest BCUT2D eigenvalue weighted by molar-refractivity contribution is 4.52. The fourth-order valence-corrected chi connectivity index (χ4v) is 3.42. The average molecular weight is 340 g/mol. The van der Waals surface area contributed by atoms with Crippen LogP contribution in [-0.4, -0.2) is 13.1 Å². The van der Waals surface area contributed by atoms with Crippen molar-refractivity contribution in [3.8, 4) is 0 Å². The summed E-state index contributed by atoms with van der Waals surface area (Å²) in [6.07, 6.45) is 27.4. The van der Waals surface area contributed by atoms with E-state index in [-0.39, 0.29) is 0 Å². The summed E-state index contributed by atoms with van der Waals surface area (Å²) in [7, 11) is 0. The number of hydrogen-bond donors (Lipinski definition) is 1. The Bertz CT molecular complexity index is 180. The maximum absolute atomic E-state index is 3.57. The van der Waals surface area contributed by atoms with Gasteiger partial charge in [0.25, 0.3) is 0 Å². The van der Waals surface area contributed by atoms with E-state index in [0.29, 0.717) is 0 Å². The van der Waals surface area contributed by atoms with Crippen molar-refractivity contribution in [3.63, 3.8) is 0 Å². The Morgan fingerprint density at radius 1 is 0.333 bits per heavy atom. The second-order valence-electron chi connectivity index (χ2n) is 7.76. The van der Waals surface area contributed by atoms with E-state index < -0.39 is 0 Å². The SMILES string of the molecule is CCCCCCCCCCCCCCCCCCNCCCCC.